The Hall–Kier alpha value is -1.02. The highest BCUT2D eigenvalue weighted by atomic mass is 16.5. The molecule has 0 spiro atoms. The lowest BCUT2D eigenvalue weighted by molar-refractivity contribution is 0.336. The van der Waals surface area contributed by atoms with Crippen LogP contribution in [0.5, 0.6) is 5.75 Å². The summed E-state index contributed by atoms with van der Waals surface area (Å²) >= 11 is 0. The molecule has 2 fully saturated rings. The molecule has 17 heavy (non-hydrogen) atoms. The Labute approximate surface area is 103 Å². The summed E-state index contributed by atoms with van der Waals surface area (Å²) in [7, 11) is 0. The molecular formula is C15H21NO. The maximum absolute atomic E-state index is 5.70. The van der Waals surface area contributed by atoms with E-state index >= 15 is 0 Å². The number of hydrogen-bond acceptors (Lipinski definition) is 2. The zero-order valence-corrected chi connectivity index (χ0v) is 10.5. The maximum Gasteiger partial charge on any atom is 0.122 e. The van der Waals surface area contributed by atoms with Crippen LogP contribution >= 0.6 is 0 Å². The predicted octanol–water partition coefficient (Wildman–Crippen LogP) is 2.94. The highest BCUT2D eigenvalue weighted by Gasteiger charge is 2.40. The minimum atomic E-state index is 0.726. The summed E-state index contributed by atoms with van der Waals surface area (Å²) in [6.07, 6.45) is 4.09. The SMILES string of the molecule is CCOc1ccccc1C1CC1CNC1CC1. The molecule has 0 aliphatic heterocycles. The quantitative estimate of drug-likeness (QED) is 0.812. The van der Waals surface area contributed by atoms with Crippen LogP contribution < -0.4 is 10.1 Å². The highest BCUT2D eigenvalue weighted by molar-refractivity contribution is 5.39. The van der Waals surface area contributed by atoms with E-state index in [1.54, 1.807) is 0 Å². The van der Waals surface area contributed by atoms with E-state index in [-0.39, 0.29) is 0 Å². The lowest BCUT2D eigenvalue weighted by atomic mass is 10.1. The van der Waals surface area contributed by atoms with E-state index in [1.165, 1.54) is 31.4 Å². The van der Waals surface area contributed by atoms with Crippen LogP contribution in [-0.4, -0.2) is 19.2 Å². The lowest BCUT2D eigenvalue weighted by Gasteiger charge is -2.09. The topological polar surface area (TPSA) is 21.3 Å². The Kier molecular flexibility index (Phi) is 3.06. The molecule has 3 rings (SSSR count). The van der Waals surface area contributed by atoms with Crippen LogP contribution in [0.25, 0.3) is 0 Å². The van der Waals surface area contributed by atoms with Gasteiger partial charge in [-0.1, -0.05) is 18.2 Å². The van der Waals surface area contributed by atoms with Gasteiger partial charge in [-0.15, -0.1) is 0 Å². The van der Waals surface area contributed by atoms with E-state index in [9.17, 15) is 0 Å². The van der Waals surface area contributed by atoms with Gasteiger partial charge in [-0.05, 0) is 56.2 Å². The molecule has 0 saturated heterocycles. The first-order valence-electron chi connectivity index (χ1n) is 6.83. The summed E-state index contributed by atoms with van der Waals surface area (Å²) in [6, 6.07) is 9.35. The van der Waals surface area contributed by atoms with Gasteiger partial charge in [-0.2, -0.15) is 0 Å². The van der Waals surface area contributed by atoms with Crippen LogP contribution in [0.3, 0.4) is 0 Å². The van der Waals surface area contributed by atoms with Gasteiger partial charge in [0.25, 0.3) is 0 Å². The van der Waals surface area contributed by atoms with Crippen LogP contribution in [0.2, 0.25) is 0 Å². The summed E-state index contributed by atoms with van der Waals surface area (Å²) in [5.74, 6) is 2.65. The van der Waals surface area contributed by atoms with Crippen molar-refractivity contribution in [3.8, 4) is 5.75 Å². The van der Waals surface area contributed by atoms with Crippen molar-refractivity contribution in [2.24, 2.45) is 5.92 Å². The van der Waals surface area contributed by atoms with Crippen LogP contribution in [0.1, 0.15) is 37.7 Å². The molecule has 2 saturated carbocycles. The fraction of sp³-hybridized carbons (Fsp3) is 0.600. The maximum atomic E-state index is 5.70. The van der Waals surface area contributed by atoms with E-state index in [4.69, 9.17) is 4.74 Å². The van der Waals surface area contributed by atoms with E-state index in [0.717, 1.165) is 30.2 Å². The molecule has 2 nitrogen and oxygen atoms in total. The minimum absolute atomic E-state index is 0.726. The highest BCUT2D eigenvalue weighted by Crippen LogP contribution is 2.50. The van der Waals surface area contributed by atoms with Crippen molar-refractivity contribution in [2.75, 3.05) is 13.2 Å². The second kappa shape index (κ2) is 4.69. The molecule has 1 aromatic rings. The number of benzene rings is 1. The average Bonchev–Trinajstić information content (AvgIpc) is 3.23. The van der Waals surface area contributed by atoms with Crippen LogP contribution in [0.15, 0.2) is 24.3 Å². The smallest absolute Gasteiger partial charge is 0.122 e. The van der Waals surface area contributed by atoms with Crippen molar-refractivity contribution in [3.63, 3.8) is 0 Å². The largest absolute Gasteiger partial charge is 0.494 e. The second-order valence-corrected chi connectivity index (χ2v) is 5.26. The number of ether oxygens (including phenoxy) is 1. The van der Waals surface area contributed by atoms with Crippen molar-refractivity contribution >= 4 is 0 Å². The standard InChI is InChI=1S/C15H21NO/c1-2-17-15-6-4-3-5-13(15)14-9-11(14)10-16-12-7-8-12/h3-6,11-12,14,16H,2,7-10H2,1H3. The average molecular weight is 231 g/mol. The molecule has 2 unspecified atom stereocenters. The Morgan fingerprint density at radius 2 is 2.12 bits per heavy atom. The van der Waals surface area contributed by atoms with Crippen LogP contribution in [0, 0.1) is 5.92 Å². The molecule has 1 aromatic carbocycles. The molecule has 0 bridgehead atoms. The van der Waals surface area contributed by atoms with Crippen molar-refractivity contribution < 1.29 is 4.74 Å². The molecule has 0 radical (unpaired) electrons. The molecule has 1 N–H and O–H groups in total. The molecular weight excluding hydrogens is 210 g/mol. The van der Waals surface area contributed by atoms with Gasteiger partial charge < -0.3 is 10.1 Å². The molecule has 2 aliphatic rings. The van der Waals surface area contributed by atoms with Gasteiger partial charge in [-0.3, -0.25) is 0 Å². The summed E-state index contributed by atoms with van der Waals surface area (Å²) in [5.41, 5.74) is 1.41. The third kappa shape index (κ3) is 2.63. The van der Waals surface area contributed by atoms with Gasteiger partial charge in [0, 0.05) is 6.04 Å². The summed E-state index contributed by atoms with van der Waals surface area (Å²) in [4.78, 5) is 0. The molecule has 2 aliphatic carbocycles. The molecule has 2 heteroatoms. The van der Waals surface area contributed by atoms with Crippen molar-refractivity contribution in [3.05, 3.63) is 29.8 Å². The van der Waals surface area contributed by atoms with Gasteiger partial charge in [0.1, 0.15) is 5.75 Å². The first-order valence-corrected chi connectivity index (χ1v) is 6.83. The summed E-state index contributed by atoms with van der Waals surface area (Å²) in [6.45, 7) is 4.00. The van der Waals surface area contributed by atoms with Gasteiger partial charge in [-0.25, -0.2) is 0 Å². The normalized spacial score (nSPS) is 26.9. The third-order valence-electron chi connectivity index (χ3n) is 3.79. The zero-order chi connectivity index (χ0) is 11.7. The van der Waals surface area contributed by atoms with Gasteiger partial charge >= 0.3 is 0 Å². The number of hydrogen-bond donors (Lipinski definition) is 1. The van der Waals surface area contributed by atoms with Crippen LogP contribution in [0.4, 0.5) is 0 Å². The number of rotatable bonds is 6. The monoisotopic (exact) mass is 231 g/mol. The Bertz CT molecular complexity index is 386. The van der Waals surface area contributed by atoms with E-state index in [1.807, 2.05) is 0 Å². The second-order valence-electron chi connectivity index (χ2n) is 5.26. The van der Waals surface area contributed by atoms with E-state index in [0.29, 0.717) is 0 Å². The van der Waals surface area contributed by atoms with E-state index < -0.39 is 0 Å². The fourth-order valence-electron chi connectivity index (χ4n) is 2.53. The Morgan fingerprint density at radius 3 is 2.88 bits per heavy atom. The van der Waals surface area contributed by atoms with Gasteiger partial charge in [0.2, 0.25) is 0 Å². The van der Waals surface area contributed by atoms with E-state index in [2.05, 4.69) is 36.5 Å². The molecule has 92 valence electrons. The van der Waals surface area contributed by atoms with Crippen LogP contribution in [-0.2, 0) is 0 Å². The minimum Gasteiger partial charge on any atom is -0.494 e. The predicted molar refractivity (Wildman–Crippen MR) is 69.5 cm³/mol. The Balaban J connectivity index is 1.60. The number of nitrogens with one attached hydrogen (secondary N) is 1. The molecule has 0 aromatic heterocycles. The molecule has 0 heterocycles. The van der Waals surface area contributed by atoms with Gasteiger partial charge in [0.05, 0.1) is 6.61 Å². The summed E-state index contributed by atoms with van der Waals surface area (Å²) < 4.78 is 5.70. The first-order chi connectivity index (χ1) is 8.38. The van der Waals surface area contributed by atoms with Gasteiger partial charge in [0.15, 0.2) is 0 Å². The van der Waals surface area contributed by atoms with Crippen molar-refractivity contribution in [1.29, 1.82) is 0 Å². The third-order valence-corrected chi connectivity index (χ3v) is 3.79. The lowest BCUT2D eigenvalue weighted by Crippen LogP contribution is -2.19. The first kappa shape index (κ1) is 11.1. The fourth-order valence-corrected chi connectivity index (χ4v) is 2.53. The number of para-hydroxylation sites is 1. The molecule has 2 atom stereocenters. The zero-order valence-electron chi connectivity index (χ0n) is 10.5. The Morgan fingerprint density at radius 1 is 1.29 bits per heavy atom. The molecule has 0 amide bonds. The summed E-state index contributed by atoms with van der Waals surface area (Å²) in [5, 5.41) is 3.63. The van der Waals surface area contributed by atoms with Crippen molar-refractivity contribution in [2.45, 2.75) is 38.1 Å². The van der Waals surface area contributed by atoms with Crippen molar-refractivity contribution in [1.82, 2.24) is 5.32 Å².